The summed E-state index contributed by atoms with van der Waals surface area (Å²) >= 11 is 3.15. The Morgan fingerprint density at radius 1 is 1.22 bits per heavy atom. The zero-order valence-corrected chi connectivity index (χ0v) is 21.8. The van der Waals surface area contributed by atoms with Crippen molar-refractivity contribution in [2.24, 2.45) is 5.10 Å². The lowest BCUT2D eigenvalue weighted by molar-refractivity contribution is -0.136. The molecule has 198 valence electrons. The minimum Gasteiger partial charge on any atom is -0.507 e. The number of esters is 1. The first-order valence-corrected chi connectivity index (χ1v) is 11.9. The molecule has 0 saturated carbocycles. The summed E-state index contributed by atoms with van der Waals surface area (Å²) in [6, 6.07) is 6.28. The monoisotopic (exact) mass is 578 g/mol. The number of halogens is 1. The predicted octanol–water partition coefficient (Wildman–Crippen LogP) is 2.38. The molecular formula is C24H27BrN4O8. The summed E-state index contributed by atoms with van der Waals surface area (Å²) in [6.07, 6.45) is 0.0542. The van der Waals surface area contributed by atoms with Crippen LogP contribution in [-0.4, -0.2) is 60.1 Å². The maximum Gasteiger partial charge on any atom is 0.337 e. The molecule has 0 fully saturated rings. The van der Waals surface area contributed by atoms with Crippen molar-refractivity contribution in [1.29, 1.82) is 0 Å². The lowest BCUT2D eigenvalue weighted by Gasteiger charge is -2.28. The largest absolute Gasteiger partial charge is 0.507 e. The number of rotatable bonds is 10. The number of aliphatic hydroxyl groups excluding tert-OH is 1. The molecule has 0 saturated heterocycles. The summed E-state index contributed by atoms with van der Waals surface area (Å²) in [5.74, 6) is -0.248. The third-order valence-corrected chi connectivity index (χ3v) is 5.83. The van der Waals surface area contributed by atoms with Gasteiger partial charge in [0.05, 0.1) is 36.0 Å². The number of ether oxygens (including phenoxy) is 3. The quantitative estimate of drug-likeness (QED) is 0.107. The summed E-state index contributed by atoms with van der Waals surface area (Å²) in [5.41, 5.74) is 3.97. The van der Waals surface area contributed by atoms with Gasteiger partial charge in [0.25, 0.3) is 0 Å². The van der Waals surface area contributed by atoms with Crippen molar-refractivity contribution >= 4 is 34.1 Å². The van der Waals surface area contributed by atoms with Crippen molar-refractivity contribution in [2.75, 3.05) is 20.3 Å². The van der Waals surface area contributed by atoms with Gasteiger partial charge in [-0.05, 0) is 53.5 Å². The minimum absolute atomic E-state index is 0.123. The molecule has 0 bridgehead atoms. The zero-order chi connectivity index (χ0) is 27.1. The number of nitrogens with one attached hydrogen (secondary N) is 3. The molecule has 2 aromatic rings. The van der Waals surface area contributed by atoms with Crippen molar-refractivity contribution < 1.29 is 39.1 Å². The van der Waals surface area contributed by atoms with Crippen molar-refractivity contribution in [3.63, 3.8) is 0 Å². The number of phenolic OH excluding ortho intramolecular Hbond substituents is 2. The third-order valence-electron chi connectivity index (χ3n) is 5.20. The fourth-order valence-corrected chi connectivity index (χ4v) is 3.85. The number of amides is 2. The van der Waals surface area contributed by atoms with E-state index in [0.29, 0.717) is 39.4 Å². The zero-order valence-electron chi connectivity index (χ0n) is 20.2. The molecule has 13 heteroatoms. The smallest absolute Gasteiger partial charge is 0.337 e. The number of methoxy groups -OCH3 is 1. The Hall–Kier alpha value is -3.97. The highest BCUT2D eigenvalue weighted by molar-refractivity contribution is 9.10. The van der Waals surface area contributed by atoms with E-state index in [4.69, 9.17) is 14.2 Å². The second kappa shape index (κ2) is 12.3. The van der Waals surface area contributed by atoms with Gasteiger partial charge in [-0.2, -0.15) is 5.10 Å². The molecule has 0 unspecified atom stereocenters. The standard InChI is InChI=1S/C24H27BrN4O8/c1-4-36-19-8-13(22-21(23(33)35-3)12(2)27-24(34)28-22)5-6-18(19)37-11-20(32)29-26-10-14-7-15(25)17(31)9-16(14)30/h5-10,20,22,29-32H,4,11H2,1-3H3,(H2,27,28,34)/b26-10-/t20-,22-/m1/s1. The van der Waals surface area contributed by atoms with E-state index >= 15 is 0 Å². The first-order chi connectivity index (χ1) is 17.6. The summed E-state index contributed by atoms with van der Waals surface area (Å²) < 4.78 is 16.6. The molecule has 1 aliphatic rings. The summed E-state index contributed by atoms with van der Waals surface area (Å²) in [4.78, 5) is 24.4. The normalized spacial score (nSPS) is 16.1. The Morgan fingerprint density at radius 3 is 2.68 bits per heavy atom. The number of phenols is 2. The van der Waals surface area contributed by atoms with Crippen LogP contribution < -0.4 is 25.5 Å². The molecular weight excluding hydrogens is 552 g/mol. The van der Waals surface area contributed by atoms with Gasteiger partial charge in [-0.15, -0.1) is 0 Å². The molecule has 1 heterocycles. The van der Waals surface area contributed by atoms with Crippen molar-refractivity contribution in [3.05, 3.63) is 57.2 Å². The van der Waals surface area contributed by atoms with E-state index in [9.17, 15) is 24.9 Å². The average molecular weight is 579 g/mol. The first-order valence-electron chi connectivity index (χ1n) is 11.1. The lowest BCUT2D eigenvalue weighted by Crippen LogP contribution is -2.45. The van der Waals surface area contributed by atoms with E-state index in [1.54, 1.807) is 32.0 Å². The highest BCUT2D eigenvalue weighted by Crippen LogP contribution is 2.35. The minimum atomic E-state index is -1.21. The number of urea groups is 1. The van der Waals surface area contributed by atoms with E-state index in [-0.39, 0.29) is 23.7 Å². The molecule has 37 heavy (non-hydrogen) atoms. The number of benzene rings is 2. The number of aromatic hydroxyl groups is 2. The Labute approximate surface area is 221 Å². The Kier molecular flexibility index (Phi) is 9.20. The number of aliphatic hydroxyl groups is 1. The van der Waals surface area contributed by atoms with E-state index in [1.165, 1.54) is 19.4 Å². The van der Waals surface area contributed by atoms with Crippen molar-refractivity contribution in [2.45, 2.75) is 26.1 Å². The van der Waals surface area contributed by atoms with Crippen molar-refractivity contribution in [1.82, 2.24) is 16.1 Å². The molecule has 2 amide bonds. The molecule has 0 spiro atoms. The molecule has 3 rings (SSSR count). The van der Waals surface area contributed by atoms with Crippen LogP contribution in [-0.2, 0) is 9.53 Å². The van der Waals surface area contributed by atoms with E-state index in [1.807, 2.05) is 0 Å². The summed E-state index contributed by atoms with van der Waals surface area (Å²) in [5, 5.41) is 38.8. The van der Waals surface area contributed by atoms with Crippen LogP contribution in [0.4, 0.5) is 4.79 Å². The van der Waals surface area contributed by atoms with Gasteiger partial charge >= 0.3 is 12.0 Å². The highest BCUT2D eigenvalue weighted by atomic mass is 79.9. The van der Waals surface area contributed by atoms with Gasteiger partial charge in [0.15, 0.2) is 17.7 Å². The van der Waals surface area contributed by atoms with Crippen LogP contribution in [0, 0.1) is 0 Å². The Balaban J connectivity index is 1.71. The van der Waals surface area contributed by atoms with Gasteiger partial charge in [-0.25, -0.2) is 9.59 Å². The van der Waals surface area contributed by atoms with E-state index in [2.05, 4.69) is 37.1 Å². The van der Waals surface area contributed by atoms with Crippen LogP contribution in [0.5, 0.6) is 23.0 Å². The second-order valence-corrected chi connectivity index (χ2v) is 8.63. The summed E-state index contributed by atoms with van der Waals surface area (Å²) in [6.45, 7) is 3.50. The second-order valence-electron chi connectivity index (χ2n) is 7.78. The third kappa shape index (κ3) is 6.83. The number of carbonyl (C=O) groups is 2. The SMILES string of the molecule is CCOc1cc([C@H]2NC(=O)NC(C)=C2C(=O)OC)ccc1OC[C@@H](O)N/N=C\c1cc(Br)c(O)cc1O. The topological polar surface area (TPSA) is 171 Å². The van der Waals surface area contributed by atoms with Gasteiger partial charge in [0, 0.05) is 17.3 Å². The molecule has 0 aromatic heterocycles. The van der Waals surface area contributed by atoms with Gasteiger partial charge in [-0.1, -0.05) is 6.07 Å². The predicted molar refractivity (Wildman–Crippen MR) is 136 cm³/mol. The lowest BCUT2D eigenvalue weighted by atomic mass is 9.95. The average Bonchev–Trinajstić information content (AvgIpc) is 2.85. The Morgan fingerprint density at radius 2 is 1.97 bits per heavy atom. The number of nitrogens with zero attached hydrogens (tertiary/aromatic N) is 1. The fourth-order valence-electron chi connectivity index (χ4n) is 3.48. The molecule has 1 aliphatic heterocycles. The van der Waals surface area contributed by atoms with Gasteiger partial charge < -0.3 is 40.2 Å². The first kappa shape index (κ1) is 27.6. The highest BCUT2D eigenvalue weighted by Gasteiger charge is 2.32. The van der Waals surface area contributed by atoms with Gasteiger partial charge in [-0.3, -0.25) is 5.43 Å². The molecule has 0 radical (unpaired) electrons. The van der Waals surface area contributed by atoms with Crippen LogP contribution in [0.15, 0.2) is 51.2 Å². The number of carbonyl (C=O) groups excluding carboxylic acids is 2. The molecule has 6 N–H and O–H groups in total. The van der Waals surface area contributed by atoms with E-state index in [0.717, 1.165) is 6.07 Å². The number of hydrogen-bond donors (Lipinski definition) is 6. The number of hydrogen-bond acceptors (Lipinski definition) is 10. The number of allylic oxidation sites excluding steroid dienone is 1. The summed E-state index contributed by atoms with van der Waals surface area (Å²) in [7, 11) is 1.26. The van der Waals surface area contributed by atoms with Crippen LogP contribution >= 0.6 is 15.9 Å². The van der Waals surface area contributed by atoms with E-state index < -0.39 is 24.3 Å². The molecule has 2 aromatic carbocycles. The molecule has 12 nitrogen and oxygen atoms in total. The van der Waals surface area contributed by atoms with Crippen LogP contribution in [0.25, 0.3) is 0 Å². The van der Waals surface area contributed by atoms with Crippen LogP contribution in [0.1, 0.15) is 31.0 Å². The fraction of sp³-hybridized carbons (Fsp3) is 0.292. The number of hydrazone groups is 1. The molecule has 2 atom stereocenters. The van der Waals surface area contributed by atoms with Crippen molar-refractivity contribution in [3.8, 4) is 23.0 Å². The van der Waals surface area contributed by atoms with Crippen LogP contribution in [0.3, 0.4) is 0 Å². The van der Waals surface area contributed by atoms with Gasteiger partial charge in [0.2, 0.25) is 0 Å². The maximum absolute atomic E-state index is 12.3. The van der Waals surface area contributed by atoms with Crippen LogP contribution in [0.2, 0.25) is 0 Å². The maximum atomic E-state index is 12.3. The van der Waals surface area contributed by atoms with Gasteiger partial charge in [0.1, 0.15) is 18.1 Å². The molecule has 0 aliphatic carbocycles. The Bertz CT molecular complexity index is 1230.